The average molecular weight is 227 g/mol. The third-order valence-corrected chi connectivity index (χ3v) is 3.51. The molecule has 4 nitrogen and oxygen atoms in total. The zero-order chi connectivity index (χ0) is 12.1. The predicted molar refractivity (Wildman–Crippen MR) is 61.7 cm³/mol. The zero-order valence-electron chi connectivity index (χ0n) is 9.78. The molecule has 2 atom stereocenters. The average Bonchev–Trinajstić information content (AvgIpc) is 3.07. The molecular formula is C12H21NO3. The Balaban J connectivity index is 2.45. The fourth-order valence-electron chi connectivity index (χ4n) is 2.11. The van der Waals surface area contributed by atoms with Crippen molar-refractivity contribution in [3.63, 3.8) is 0 Å². The topological polar surface area (TPSA) is 81.4 Å². The number of nitrogens with one attached hydrogen (secondary N) is 1. The Bertz CT molecular complexity index is 257. The Hall–Kier alpha value is -0.900. The highest BCUT2D eigenvalue weighted by Crippen LogP contribution is 2.40. The number of aliphatic hydroxyl groups excluding tert-OH is 1. The molecule has 3 N–H and O–H groups in total. The van der Waals surface area contributed by atoms with Gasteiger partial charge in [0, 0.05) is 12.5 Å². The van der Waals surface area contributed by atoms with Crippen LogP contribution in [-0.4, -0.2) is 28.5 Å². The highest BCUT2D eigenvalue weighted by atomic mass is 16.4. The van der Waals surface area contributed by atoms with Crippen molar-refractivity contribution in [3.05, 3.63) is 0 Å². The number of carbonyl (C=O) groups is 1. The molecule has 0 spiro atoms. The summed E-state index contributed by atoms with van der Waals surface area (Å²) in [6, 6.07) is 0. The van der Waals surface area contributed by atoms with Crippen LogP contribution in [0.15, 0.2) is 0 Å². The van der Waals surface area contributed by atoms with Gasteiger partial charge >= 0.3 is 5.97 Å². The molecule has 0 aliphatic heterocycles. The first-order valence-corrected chi connectivity index (χ1v) is 6.02. The summed E-state index contributed by atoms with van der Waals surface area (Å²) in [6.45, 7) is 2.18. The van der Waals surface area contributed by atoms with E-state index in [4.69, 9.17) is 15.6 Å². The fraction of sp³-hybridized carbons (Fsp3) is 0.833. The molecule has 0 aromatic rings. The molecule has 0 aromatic heterocycles. The minimum atomic E-state index is -1.09. The van der Waals surface area contributed by atoms with Gasteiger partial charge in [-0.3, -0.25) is 5.41 Å². The van der Waals surface area contributed by atoms with Crippen LogP contribution < -0.4 is 0 Å². The van der Waals surface area contributed by atoms with Crippen molar-refractivity contribution in [1.82, 2.24) is 0 Å². The summed E-state index contributed by atoms with van der Waals surface area (Å²) in [5.41, 5.74) is -0.143. The molecule has 0 bridgehead atoms. The molecule has 0 radical (unpaired) electrons. The molecule has 1 saturated carbocycles. The highest BCUT2D eigenvalue weighted by molar-refractivity contribution is 6.35. The Kier molecular flexibility index (Phi) is 4.93. The van der Waals surface area contributed by atoms with E-state index in [2.05, 4.69) is 0 Å². The van der Waals surface area contributed by atoms with E-state index in [9.17, 15) is 4.79 Å². The van der Waals surface area contributed by atoms with E-state index in [1.807, 2.05) is 6.92 Å². The number of hydrogen-bond donors (Lipinski definition) is 3. The number of carboxylic acid groups (broad SMARTS) is 1. The number of aliphatic carboxylic acids is 1. The van der Waals surface area contributed by atoms with Gasteiger partial charge in [0.2, 0.25) is 0 Å². The molecule has 1 aliphatic carbocycles. The van der Waals surface area contributed by atoms with Crippen molar-refractivity contribution in [2.75, 3.05) is 6.61 Å². The lowest BCUT2D eigenvalue weighted by atomic mass is 9.88. The highest BCUT2D eigenvalue weighted by Gasteiger charge is 2.36. The van der Waals surface area contributed by atoms with Crippen molar-refractivity contribution < 1.29 is 15.0 Å². The normalized spacial score (nSPS) is 19.1. The molecule has 2 unspecified atom stereocenters. The van der Waals surface area contributed by atoms with Crippen molar-refractivity contribution in [2.45, 2.75) is 39.0 Å². The lowest BCUT2D eigenvalue weighted by Crippen LogP contribution is -2.25. The molecule has 4 heteroatoms. The molecule has 1 rings (SSSR count). The van der Waals surface area contributed by atoms with Gasteiger partial charge in [-0.2, -0.15) is 0 Å². The number of rotatable bonds is 8. The minimum Gasteiger partial charge on any atom is -0.477 e. The first kappa shape index (κ1) is 13.2. The first-order chi connectivity index (χ1) is 7.60. The third kappa shape index (κ3) is 3.59. The summed E-state index contributed by atoms with van der Waals surface area (Å²) in [5, 5.41) is 25.5. The van der Waals surface area contributed by atoms with E-state index in [-0.39, 0.29) is 24.2 Å². The SMILES string of the molecule is CCC(CO)CCC(C(=N)C(=O)O)C1CC1. The smallest absolute Gasteiger partial charge is 0.349 e. The van der Waals surface area contributed by atoms with Crippen LogP contribution in [0.1, 0.15) is 39.0 Å². The molecule has 92 valence electrons. The van der Waals surface area contributed by atoms with Gasteiger partial charge in [-0.25, -0.2) is 4.79 Å². The van der Waals surface area contributed by atoms with Gasteiger partial charge in [0.15, 0.2) is 0 Å². The summed E-state index contributed by atoms with van der Waals surface area (Å²) in [6.07, 6.45) is 4.57. The standard InChI is InChI=1S/C12H21NO3/c1-2-8(7-14)3-6-10(9-4-5-9)11(13)12(15)16/h8-10,13-14H,2-7H2,1H3,(H,15,16). The predicted octanol–water partition coefficient (Wildman–Crippen LogP) is 1.92. The second kappa shape index (κ2) is 5.99. The number of aliphatic hydroxyl groups is 1. The molecule has 0 saturated heterocycles. The van der Waals surface area contributed by atoms with Gasteiger partial charge < -0.3 is 10.2 Å². The van der Waals surface area contributed by atoms with Gasteiger partial charge in [0.25, 0.3) is 0 Å². The molecule has 1 aliphatic rings. The molecule has 0 heterocycles. The van der Waals surface area contributed by atoms with Gasteiger partial charge in [0.05, 0.1) is 0 Å². The fourth-order valence-corrected chi connectivity index (χ4v) is 2.11. The molecular weight excluding hydrogens is 206 g/mol. The maximum Gasteiger partial charge on any atom is 0.349 e. The lowest BCUT2D eigenvalue weighted by molar-refractivity contribution is -0.129. The van der Waals surface area contributed by atoms with Crippen LogP contribution in [0.25, 0.3) is 0 Å². The second-order valence-electron chi connectivity index (χ2n) is 4.70. The Morgan fingerprint density at radius 2 is 2.06 bits per heavy atom. The van der Waals surface area contributed by atoms with E-state index in [0.717, 1.165) is 32.1 Å². The van der Waals surface area contributed by atoms with Crippen LogP contribution in [0.4, 0.5) is 0 Å². The maximum atomic E-state index is 10.8. The van der Waals surface area contributed by atoms with Crippen molar-refractivity contribution >= 4 is 11.7 Å². The molecule has 0 aromatic carbocycles. The van der Waals surface area contributed by atoms with E-state index in [1.54, 1.807) is 0 Å². The Labute approximate surface area is 96.2 Å². The van der Waals surface area contributed by atoms with Gasteiger partial charge in [0.1, 0.15) is 5.71 Å². The maximum absolute atomic E-state index is 10.8. The zero-order valence-corrected chi connectivity index (χ0v) is 9.78. The number of hydrogen-bond acceptors (Lipinski definition) is 3. The van der Waals surface area contributed by atoms with Crippen LogP contribution in [0.5, 0.6) is 0 Å². The molecule has 16 heavy (non-hydrogen) atoms. The van der Waals surface area contributed by atoms with Crippen LogP contribution in [0.2, 0.25) is 0 Å². The van der Waals surface area contributed by atoms with Crippen LogP contribution in [-0.2, 0) is 4.79 Å². The lowest BCUT2D eigenvalue weighted by Gasteiger charge is -2.18. The second-order valence-corrected chi connectivity index (χ2v) is 4.70. The van der Waals surface area contributed by atoms with Gasteiger partial charge in [-0.15, -0.1) is 0 Å². The van der Waals surface area contributed by atoms with Crippen LogP contribution in [0.3, 0.4) is 0 Å². The van der Waals surface area contributed by atoms with Crippen molar-refractivity contribution in [2.24, 2.45) is 17.8 Å². The van der Waals surface area contributed by atoms with Gasteiger partial charge in [-0.1, -0.05) is 13.3 Å². The minimum absolute atomic E-state index is 0.0990. The summed E-state index contributed by atoms with van der Waals surface area (Å²) >= 11 is 0. The third-order valence-electron chi connectivity index (χ3n) is 3.51. The largest absolute Gasteiger partial charge is 0.477 e. The Morgan fingerprint density at radius 1 is 1.44 bits per heavy atom. The van der Waals surface area contributed by atoms with E-state index in [0.29, 0.717) is 5.92 Å². The van der Waals surface area contributed by atoms with E-state index in [1.165, 1.54) is 0 Å². The van der Waals surface area contributed by atoms with E-state index >= 15 is 0 Å². The van der Waals surface area contributed by atoms with Gasteiger partial charge in [-0.05, 0) is 37.5 Å². The monoisotopic (exact) mass is 227 g/mol. The summed E-state index contributed by atoms with van der Waals surface area (Å²) in [5.74, 6) is -0.533. The summed E-state index contributed by atoms with van der Waals surface area (Å²) in [4.78, 5) is 10.8. The van der Waals surface area contributed by atoms with E-state index < -0.39 is 5.97 Å². The van der Waals surface area contributed by atoms with Crippen LogP contribution in [0, 0.1) is 23.2 Å². The van der Waals surface area contributed by atoms with Crippen molar-refractivity contribution in [3.8, 4) is 0 Å². The number of carboxylic acids is 1. The molecule has 1 fully saturated rings. The quantitative estimate of drug-likeness (QED) is 0.554. The van der Waals surface area contributed by atoms with Crippen LogP contribution >= 0.6 is 0 Å². The Morgan fingerprint density at radius 3 is 2.44 bits per heavy atom. The summed E-state index contributed by atoms with van der Waals surface area (Å²) in [7, 11) is 0. The first-order valence-electron chi connectivity index (χ1n) is 6.02. The molecule has 0 amide bonds. The summed E-state index contributed by atoms with van der Waals surface area (Å²) < 4.78 is 0. The van der Waals surface area contributed by atoms with Crippen molar-refractivity contribution in [1.29, 1.82) is 5.41 Å².